The Morgan fingerprint density at radius 1 is 1.25 bits per heavy atom. The van der Waals surface area contributed by atoms with Gasteiger partial charge in [0.1, 0.15) is 0 Å². The lowest BCUT2D eigenvalue weighted by atomic mass is 10.1. The fourth-order valence-corrected chi connectivity index (χ4v) is 2.41. The van der Waals surface area contributed by atoms with E-state index < -0.39 is 0 Å². The molecule has 0 saturated heterocycles. The van der Waals surface area contributed by atoms with Crippen LogP contribution in [0.2, 0.25) is 0 Å². The molecule has 84 valence electrons. The summed E-state index contributed by atoms with van der Waals surface area (Å²) in [5.41, 5.74) is 1.91. The maximum Gasteiger partial charge on any atom is 0.0995 e. The van der Waals surface area contributed by atoms with Crippen LogP contribution < -0.4 is 5.32 Å². The predicted octanol–water partition coefficient (Wildman–Crippen LogP) is 2.84. The summed E-state index contributed by atoms with van der Waals surface area (Å²) in [5, 5.41) is 12.4. The summed E-state index contributed by atoms with van der Waals surface area (Å²) in [6.07, 6.45) is 5.52. The Kier molecular flexibility index (Phi) is 3.96. The van der Waals surface area contributed by atoms with Crippen LogP contribution in [0.25, 0.3) is 0 Å². The first-order chi connectivity index (χ1) is 7.90. The molecule has 16 heavy (non-hydrogen) atoms. The minimum atomic E-state index is 0.793. The summed E-state index contributed by atoms with van der Waals surface area (Å²) in [5.74, 6) is 0.856. The van der Waals surface area contributed by atoms with E-state index in [4.69, 9.17) is 5.26 Å². The molecule has 0 spiro atoms. The zero-order valence-electron chi connectivity index (χ0n) is 9.58. The minimum Gasteiger partial charge on any atom is -0.312 e. The molecule has 1 aliphatic carbocycles. The summed E-state index contributed by atoms with van der Waals surface area (Å²) in [7, 11) is 0. The molecule has 1 fully saturated rings. The first-order valence-corrected chi connectivity index (χ1v) is 6.09. The average Bonchev–Trinajstić information content (AvgIpc) is 2.83. The largest absolute Gasteiger partial charge is 0.312 e. The van der Waals surface area contributed by atoms with Gasteiger partial charge in [0.2, 0.25) is 0 Å². The van der Waals surface area contributed by atoms with Crippen LogP contribution in [0.4, 0.5) is 0 Å². The van der Waals surface area contributed by atoms with E-state index in [0.717, 1.165) is 30.1 Å². The second kappa shape index (κ2) is 5.67. The van der Waals surface area contributed by atoms with Crippen molar-refractivity contribution >= 4 is 0 Å². The standard InChI is InChI=1S/C14H18N2/c15-9-13-7-3-4-8-14(13)11-16-10-12-5-1-2-6-12/h3-4,7-8,12,16H,1-2,5-6,10-11H2. The molecular weight excluding hydrogens is 196 g/mol. The number of nitrogens with zero attached hydrogens (tertiary/aromatic N) is 1. The van der Waals surface area contributed by atoms with E-state index in [1.807, 2.05) is 24.3 Å². The first-order valence-electron chi connectivity index (χ1n) is 6.09. The molecule has 1 aliphatic rings. The fourth-order valence-electron chi connectivity index (χ4n) is 2.41. The van der Waals surface area contributed by atoms with Crippen LogP contribution in [0.3, 0.4) is 0 Å². The van der Waals surface area contributed by atoms with Gasteiger partial charge in [-0.2, -0.15) is 5.26 Å². The Morgan fingerprint density at radius 3 is 2.75 bits per heavy atom. The number of hydrogen-bond donors (Lipinski definition) is 1. The summed E-state index contributed by atoms with van der Waals surface area (Å²) in [4.78, 5) is 0. The normalized spacial score (nSPS) is 16.2. The van der Waals surface area contributed by atoms with Gasteiger partial charge in [0.05, 0.1) is 11.6 Å². The van der Waals surface area contributed by atoms with E-state index in [0.29, 0.717) is 0 Å². The molecule has 0 unspecified atom stereocenters. The average molecular weight is 214 g/mol. The molecule has 0 amide bonds. The molecule has 1 aromatic carbocycles. The van der Waals surface area contributed by atoms with E-state index in [1.165, 1.54) is 25.7 Å². The van der Waals surface area contributed by atoms with Crippen molar-refractivity contribution in [1.29, 1.82) is 5.26 Å². The molecule has 1 aromatic rings. The quantitative estimate of drug-likeness (QED) is 0.836. The summed E-state index contributed by atoms with van der Waals surface area (Å²) in [6, 6.07) is 10.1. The van der Waals surface area contributed by atoms with E-state index in [-0.39, 0.29) is 0 Å². The molecule has 0 aliphatic heterocycles. The zero-order valence-corrected chi connectivity index (χ0v) is 9.58. The third-order valence-electron chi connectivity index (χ3n) is 3.36. The lowest BCUT2D eigenvalue weighted by Gasteiger charge is -2.11. The Bertz CT molecular complexity index is 373. The highest BCUT2D eigenvalue weighted by Crippen LogP contribution is 2.23. The van der Waals surface area contributed by atoms with Gasteiger partial charge in [-0.25, -0.2) is 0 Å². The van der Waals surface area contributed by atoms with Gasteiger partial charge in [-0.15, -0.1) is 0 Å². The van der Waals surface area contributed by atoms with Gasteiger partial charge in [-0.05, 0) is 36.9 Å². The number of rotatable bonds is 4. The van der Waals surface area contributed by atoms with E-state index in [2.05, 4.69) is 11.4 Å². The highest BCUT2D eigenvalue weighted by atomic mass is 14.9. The van der Waals surface area contributed by atoms with Crippen molar-refractivity contribution in [2.45, 2.75) is 32.2 Å². The molecule has 0 heterocycles. The van der Waals surface area contributed by atoms with E-state index in [9.17, 15) is 0 Å². The van der Waals surface area contributed by atoms with Gasteiger partial charge in [0.25, 0.3) is 0 Å². The number of nitriles is 1. The lowest BCUT2D eigenvalue weighted by Crippen LogP contribution is -2.21. The van der Waals surface area contributed by atoms with Crippen LogP contribution in [0.15, 0.2) is 24.3 Å². The van der Waals surface area contributed by atoms with Crippen LogP contribution >= 0.6 is 0 Å². The van der Waals surface area contributed by atoms with Gasteiger partial charge in [0.15, 0.2) is 0 Å². The van der Waals surface area contributed by atoms with Crippen LogP contribution in [-0.2, 0) is 6.54 Å². The van der Waals surface area contributed by atoms with Gasteiger partial charge in [-0.3, -0.25) is 0 Å². The SMILES string of the molecule is N#Cc1ccccc1CNCC1CCCC1. The summed E-state index contributed by atoms with van der Waals surface area (Å²) >= 11 is 0. The van der Waals surface area contributed by atoms with Crippen LogP contribution in [-0.4, -0.2) is 6.54 Å². The third-order valence-corrected chi connectivity index (χ3v) is 3.36. The second-order valence-corrected chi connectivity index (χ2v) is 4.55. The zero-order chi connectivity index (χ0) is 11.2. The maximum atomic E-state index is 8.95. The van der Waals surface area contributed by atoms with Crippen molar-refractivity contribution in [2.24, 2.45) is 5.92 Å². The number of benzene rings is 1. The van der Waals surface area contributed by atoms with Crippen molar-refractivity contribution < 1.29 is 0 Å². The van der Waals surface area contributed by atoms with Crippen molar-refractivity contribution in [3.63, 3.8) is 0 Å². The second-order valence-electron chi connectivity index (χ2n) is 4.55. The fraction of sp³-hybridized carbons (Fsp3) is 0.500. The highest BCUT2D eigenvalue weighted by molar-refractivity contribution is 5.37. The van der Waals surface area contributed by atoms with Crippen molar-refractivity contribution in [2.75, 3.05) is 6.54 Å². The van der Waals surface area contributed by atoms with Crippen molar-refractivity contribution in [3.8, 4) is 6.07 Å². The third kappa shape index (κ3) is 2.84. The smallest absolute Gasteiger partial charge is 0.0995 e. The molecule has 2 heteroatoms. The summed E-state index contributed by atoms with van der Waals surface area (Å²) in [6.45, 7) is 1.92. The molecule has 1 N–H and O–H groups in total. The van der Waals surface area contributed by atoms with Crippen molar-refractivity contribution in [3.05, 3.63) is 35.4 Å². The van der Waals surface area contributed by atoms with Gasteiger partial charge in [-0.1, -0.05) is 31.0 Å². The summed E-state index contributed by atoms with van der Waals surface area (Å²) < 4.78 is 0. The molecule has 0 radical (unpaired) electrons. The lowest BCUT2D eigenvalue weighted by molar-refractivity contribution is 0.489. The predicted molar refractivity (Wildman–Crippen MR) is 64.8 cm³/mol. The van der Waals surface area contributed by atoms with E-state index in [1.54, 1.807) is 0 Å². The highest BCUT2D eigenvalue weighted by Gasteiger charge is 2.14. The van der Waals surface area contributed by atoms with Crippen LogP contribution in [0.5, 0.6) is 0 Å². The van der Waals surface area contributed by atoms with Crippen LogP contribution in [0.1, 0.15) is 36.8 Å². The van der Waals surface area contributed by atoms with Crippen LogP contribution in [0, 0.1) is 17.2 Å². The number of nitrogens with one attached hydrogen (secondary N) is 1. The molecular formula is C14H18N2. The molecule has 2 rings (SSSR count). The molecule has 1 saturated carbocycles. The van der Waals surface area contributed by atoms with E-state index >= 15 is 0 Å². The minimum absolute atomic E-state index is 0.793. The van der Waals surface area contributed by atoms with Gasteiger partial charge < -0.3 is 5.32 Å². The topological polar surface area (TPSA) is 35.8 Å². The molecule has 0 atom stereocenters. The Morgan fingerprint density at radius 2 is 2.00 bits per heavy atom. The Labute approximate surface area is 97.3 Å². The number of hydrogen-bond acceptors (Lipinski definition) is 2. The first kappa shape index (κ1) is 11.2. The monoisotopic (exact) mass is 214 g/mol. The maximum absolute atomic E-state index is 8.95. The molecule has 0 bridgehead atoms. The Hall–Kier alpha value is -1.33. The Balaban J connectivity index is 1.82. The van der Waals surface area contributed by atoms with Gasteiger partial charge >= 0.3 is 0 Å². The molecule has 2 nitrogen and oxygen atoms in total. The van der Waals surface area contributed by atoms with Gasteiger partial charge in [0, 0.05) is 6.54 Å². The van der Waals surface area contributed by atoms with Crippen molar-refractivity contribution in [1.82, 2.24) is 5.32 Å². The molecule has 0 aromatic heterocycles.